The van der Waals surface area contributed by atoms with Crippen LogP contribution in [0.1, 0.15) is 20.3 Å². The number of rotatable bonds is 5. The molecule has 0 aliphatic rings. The van der Waals surface area contributed by atoms with Gasteiger partial charge in [0, 0.05) is 6.92 Å². The zero-order valence-electron chi connectivity index (χ0n) is 6.90. The highest BCUT2D eigenvalue weighted by Gasteiger charge is 2.10. The molecule has 0 saturated heterocycles. The monoisotopic (exact) mass is 174 g/mol. The summed E-state index contributed by atoms with van der Waals surface area (Å²) < 4.78 is 8.75. The van der Waals surface area contributed by atoms with E-state index >= 15 is 0 Å². The summed E-state index contributed by atoms with van der Waals surface area (Å²) in [4.78, 5) is 30.8. The smallest absolute Gasteiger partial charge is 0.316 e. The van der Waals surface area contributed by atoms with Crippen molar-refractivity contribution in [2.75, 3.05) is 0 Å². The summed E-state index contributed by atoms with van der Waals surface area (Å²) in [6, 6.07) is 0. The van der Waals surface area contributed by atoms with Gasteiger partial charge in [0.05, 0.1) is 0 Å². The molecule has 0 radical (unpaired) electrons. The van der Waals surface area contributed by atoms with Crippen molar-refractivity contribution >= 4 is 18.2 Å². The van der Waals surface area contributed by atoms with Gasteiger partial charge < -0.3 is 9.47 Å². The van der Waals surface area contributed by atoms with Crippen molar-refractivity contribution in [3.63, 3.8) is 0 Å². The third-order valence-corrected chi connectivity index (χ3v) is 0.938. The van der Waals surface area contributed by atoms with Gasteiger partial charge in [0.2, 0.25) is 6.29 Å². The fraction of sp³-hybridized carbons (Fsp3) is 0.571. The van der Waals surface area contributed by atoms with E-state index in [9.17, 15) is 14.4 Å². The van der Waals surface area contributed by atoms with Gasteiger partial charge in [-0.3, -0.25) is 14.4 Å². The third kappa shape index (κ3) is 5.40. The first kappa shape index (κ1) is 10.6. The maximum absolute atomic E-state index is 10.7. The van der Waals surface area contributed by atoms with Crippen molar-refractivity contribution < 1.29 is 23.9 Å². The molecule has 0 aliphatic carbocycles. The van der Waals surface area contributed by atoms with Crippen molar-refractivity contribution in [1.29, 1.82) is 0 Å². The quantitative estimate of drug-likeness (QED) is 0.254. The second-order valence-electron chi connectivity index (χ2n) is 2.17. The fourth-order valence-electron chi connectivity index (χ4n) is 0.536. The highest BCUT2D eigenvalue weighted by molar-refractivity contribution is 5.94. The van der Waals surface area contributed by atoms with E-state index in [1.165, 1.54) is 13.8 Å². The van der Waals surface area contributed by atoms with Gasteiger partial charge in [-0.2, -0.15) is 0 Å². The van der Waals surface area contributed by atoms with E-state index in [0.29, 0.717) is 0 Å². The van der Waals surface area contributed by atoms with Gasteiger partial charge >= 0.3 is 5.97 Å². The molecule has 0 heterocycles. The second-order valence-corrected chi connectivity index (χ2v) is 2.17. The zero-order chi connectivity index (χ0) is 9.56. The summed E-state index contributed by atoms with van der Waals surface area (Å²) in [5, 5.41) is 0. The molecule has 0 N–H and O–H groups in total. The molecule has 0 amide bonds. The van der Waals surface area contributed by atoms with E-state index in [0.717, 1.165) is 0 Å². The molecule has 5 heteroatoms. The third-order valence-electron chi connectivity index (χ3n) is 0.938. The second kappa shape index (κ2) is 5.29. The highest BCUT2D eigenvalue weighted by atomic mass is 16.7. The molecular weight excluding hydrogens is 164 g/mol. The number of hydrogen-bond donors (Lipinski definition) is 0. The van der Waals surface area contributed by atoms with Crippen LogP contribution < -0.4 is 0 Å². The first-order chi connectivity index (χ1) is 5.56. The SMILES string of the molecule is CC(=O)CC(=O)OC(C)OC=O. The minimum atomic E-state index is -0.936. The summed E-state index contributed by atoms with van der Waals surface area (Å²) in [5.74, 6) is -0.991. The van der Waals surface area contributed by atoms with Gasteiger partial charge in [0.1, 0.15) is 12.2 Å². The fourth-order valence-corrected chi connectivity index (χ4v) is 0.536. The Morgan fingerprint density at radius 2 is 2.08 bits per heavy atom. The molecule has 0 aromatic rings. The summed E-state index contributed by atoms with van der Waals surface area (Å²) in [5.41, 5.74) is 0. The van der Waals surface area contributed by atoms with Crippen molar-refractivity contribution in [3.05, 3.63) is 0 Å². The maximum atomic E-state index is 10.7. The maximum Gasteiger partial charge on any atom is 0.316 e. The van der Waals surface area contributed by atoms with Crippen molar-refractivity contribution in [2.24, 2.45) is 0 Å². The molecule has 12 heavy (non-hydrogen) atoms. The molecule has 0 rings (SSSR count). The minimum absolute atomic E-state index is 0.172. The zero-order valence-corrected chi connectivity index (χ0v) is 6.90. The van der Waals surface area contributed by atoms with Crippen LogP contribution in [0.5, 0.6) is 0 Å². The van der Waals surface area contributed by atoms with Crippen molar-refractivity contribution in [2.45, 2.75) is 26.6 Å². The minimum Gasteiger partial charge on any atom is -0.428 e. The largest absolute Gasteiger partial charge is 0.428 e. The number of Topliss-reactive ketones (excluding diaryl/α,β-unsaturated/α-hetero) is 1. The summed E-state index contributed by atoms with van der Waals surface area (Å²) >= 11 is 0. The summed E-state index contributed by atoms with van der Waals surface area (Å²) in [6.45, 7) is 2.82. The Bertz CT molecular complexity index is 186. The van der Waals surface area contributed by atoms with Crippen LogP contribution in [0.3, 0.4) is 0 Å². The molecule has 0 bridgehead atoms. The van der Waals surface area contributed by atoms with Gasteiger partial charge in [-0.1, -0.05) is 0 Å². The van der Waals surface area contributed by atoms with E-state index in [4.69, 9.17) is 0 Å². The van der Waals surface area contributed by atoms with Gasteiger partial charge in [-0.05, 0) is 6.92 Å². The Kier molecular flexibility index (Phi) is 4.67. The van der Waals surface area contributed by atoms with Crippen LogP contribution in [0.2, 0.25) is 0 Å². The number of hydrogen-bond acceptors (Lipinski definition) is 5. The molecule has 0 aromatic heterocycles. The lowest BCUT2D eigenvalue weighted by Gasteiger charge is -2.09. The predicted molar refractivity (Wildman–Crippen MR) is 38.0 cm³/mol. The molecule has 0 fully saturated rings. The lowest BCUT2D eigenvalue weighted by Crippen LogP contribution is -2.18. The van der Waals surface area contributed by atoms with Gasteiger partial charge in [0.15, 0.2) is 0 Å². The van der Waals surface area contributed by atoms with E-state index < -0.39 is 12.3 Å². The Balaban J connectivity index is 3.68. The molecule has 0 aliphatic heterocycles. The van der Waals surface area contributed by atoms with Crippen LogP contribution >= 0.6 is 0 Å². The van der Waals surface area contributed by atoms with Crippen molar-refractivity contribution in [3.8, 4) is 0 Å². The molecule has 0 aromatic carbocycles. The van der Waals surface area contributed by atoms with Crippen LogP contribution in [-0.4, -0.2) is 24.5 Å². The average molecular weight is 174 g/mol. The molecule has 5 nitrogen and oxygen atoms in total. The van der Waals surface area contributed by atoms with Crippen LogP contribution in [0.25, 0.3) is 0 Å². The first-order valence-electron chi connectivity index (χ1n) is 3.34. The van der Waals surface area contributed by atoms with E-state index in [-0.39, 0.29) is 18.7 Å². The van der Waals surface area contributed by atoms with Gasteiger partial charge in [-0.25, -0.2) is 0 Å². The molecule has 1 atom stereocenters. The topological polar surface area (TPSA) is 69.7 Å². The standard InChI is InChI=1S/C7H10O5/c1-5(9)3-7(10)12-6(2)11-4-8/h4,6H,3H2,1-2H3. The molecule has 0 spiro atoms. The Morgan fingerprint density at radius 3 is 2.50 bits per heavy atom. The first-order valence-corrected chi connectivity index (χ1v) is 3.34. The predicted octanol–water partition coefficient (Wildman–Crippen LogP) is 0.0277. The molecular formula is C7H10O5. The number of carbonyl (C=O) groups is 3. The van der Waals surface area contributed by atoms with Crippen LogP contribution in [0.4, 0.5) is 0 Å². The van der Waals surface area contributed by atoms with Gasteiger partial charge in [-0.15, -0.1) is 0 Å². The van der Waals surface area contributed by atoms with Gasteiger partial charge in [0.25, 0.3) is 6.47 Å². The number of carbonyl (C=O) groups excluding carboxylic acids is 3. The number of esters is 1. The Morgan fingerprint density at radius 1 is 1.50 bits per heavy atom. The number of ketones is 1. The van der Waals surface area contributed by atoms with E-state index in [2.05, 4.69) is 9.47 Å². The highest BCUT2D eigenvalue weighted by Crippen LogP contribution is 1.95. The Labute approximate surface area is 69.6 Å². The lowest BCUT2D eigenvalue weighted by atomic mass is 10.3. The van der Waals surface area contributed by atoms with Crippen LogP contribution in [-0.2, 0) is 23.9 Å². The Hall–Kier alpha value is -1.39. The molecule has 1 unspecified atom stereocenters. The average Bonchev–Trinajstić information content (AvgIpc) is 1.84. The van der Waals surface area contributed by atoms with Crippen LogP contribution in [0.15, 0.2) is 0 Å². The van der Waals surface area contributed by atoms with Crippen LogP contribution in [0, 0.1) is 0 Å². The molecule has 0 saturated carbocycles. The van der Waals surface area contributed by atoms with E-state index in [1.54, 1.807) is 0 Å². The summed E-state index contributed by atoms with van der Waals surface area (Å²) in [7, 11) is 0. The number of ether oxygens (including phenoxy) is 2. The summed E-state index contributed by atoms with van der Waals surface area (Å²) in [6.07, 6.45) is -1.23. The van der Waals surface area contributed by atoms with Crippen molar-refractivity contribution in [1.82, 2.24) is 0 Å². The van der Waals surface area contributed by atoms with E-state index in [1.807, 2.05) is 0 Å². The lowest BCUT2D eigenvalue weighted by molar-refractivity contribution is -0.176. The molecule has 68 valence electrons. The normalized spacial score (nSPS) is 11.5.